The Morgan fingerprint density at radius 3 is 2.31 bits per heavy atom. The van der Waals surface area contributed by atoms with Crippen molar-refractivity contribution in [2.24, 2.45) is 5.73 Å². The minimum Gasteiger partial charge on any atom is -0.459 e. The Morgan fingerprint density at radius 2 is 1.88 bits per heavy atom. The molecule has 0 bridgehead atoms. The molecule has 0 saturated carbocycles. The van der Waals surface area contributed by atoms with Crippen LogP contribution in [0.3, 0.4) is 0 Å². The maximum Gasteiger partial charge on any atom is 0.323 e. The molecule has 1 atom stereocenters. The summed E-state index contributed by atoms with van der Waals surface area (Å²) in [6.45, 7) is 7.98. The average Bonchev–Trinajstić information content (AvgIpc) is 2.08. The second kappa shape index (κ2) is 6.32. The van der Waals surface area contributed by atoms with Crippen LogP contribution in [0.25, 0.3) is 0 Å². The number of esters is 1. The Labute approximate surface area is 95.9 Å². The van der Waals surface area contributed by atoms with Crippen LogP contribution >= 0.6 is 0 Å². The number of carbonyl (C=O) groups is 2. The van der Waals surface area contributed by atoms with Gasteiger partial charge in [0.05, 0.1) is 0 Å². The van der Waals surface area contributed by atoms with Crippen LogP contribution in [-0.2, 0) is 9.53 Å². The van der Waals surface area contributed by atoms with Crippen LogP contribution in [-0.4, -0.2) is 36.7 Å². The van der Waals surface area contributed by atoms with Gasteiger partial charge in [0.1, 0.15) is 11.6 Å². The molecule has 0 aromatic carbocycles. The fraction of sp³-hybridized carbons (Fsp3) is 0.800. The molecule has 2 amide bonds. The molecule has 0 aliphatic carbocycles. The van der Waals surface area contributed by atoms with Crippen molar-refractivity contribution >= 4 is 12.0 Å². The molecule has 0 heterocycles. The molecule has 0 saturated heterocycles. The Hall–Kier alpha value is -1.30. The fourth-order valence-corrected chi connectivity index (χ4v) is 0.948. The summed E-state index contributed by atoms with van der Waals surface area (Å²) in [5.41, 5.74) is 4.40. The van der Waals surface area contributed by atoms with Crippen molar-refractivity contribution in [3.63, 3.8) is 0 Å². The predicted octanol–water partition coefficient (Wildman–Crippen LogP) is -0.0255. The van der Waals surface area contributed by atoms with E-state index >= 15 is 0 Å². The lowest BCUT2D eigenvalue weighted by Gasteiger charge is -2.22. The second-order valence-corrected chi connectivity index (χ2v) is 4.50. The molecule has 0 spiro atoms. The molecule has 4 N–H and O–H groups in total. The second-order valence-electron chi connectivity index (χ2n) is 4.50. The zero-order chi connectivity index (χ0) is 12.8. The minimum absolute atomic E-state index is 0.313. The molecular weight excluding hydrogens is 210 g/mol. The van der Waals surface area contributed by atoms with Gasteiger partial charge in [-0.25, -0.2) is 4.79 Å². The molecule has 6 nitrogen and oxygen atoms in total. The highest BCUT2D eigenvalue weighted by atomic mass is 16.6. The maximum absolute atomic E-state index is 11.5. The van der Waals surface area contributed by atoms with Gasteiger partial charge >= 0.3 is 12.0 Å². The number of urea groups is 1. The molecule has 0 aromatic rings. The smallest absolute Gasteiger partial charge is 0.323 e. The predicted molar refractivity (Wildman–Crippen MR) is 60.9 cm³/mol. The quantitative estimate of drug-likeness (QED) is 0.457. The summed E-state index contributed by atoms with van der Waals surface area (Å²) in [7, 11) is 0. The highest BCUT2D eigenvalue weighted by Gasteiger charge is 2.20. The number of carbonyl (C=O) groups excluding carboxylic acids is 2. The molecule has 6 heteroatoms. The zero-order valence-electron chi connectivity index (χ0n) is 10.3. The number of primary amides is 1. The summed E-state index contributed by atoms with van der Waals surface area (Å²) in [5.74, 6) is -0.313. The van der Waals surface area contributed by atoms with E-state index in [1.54, 1.807) is 6.92 Å². The largest absolute Gasteiger partial charge is 0.459 e. The van der Waals surface area contributed by atoms with E-state index in [1.165, 1.54) is 0 Å². The van der Waals surface area contributed by atoms with Gasteiger partial charge in [0, 0.05) is 13.1 Å². The molecule has 1 unspecified atom stereocenters. The minimum atomic E-state index is -0.577. The number of hydrogen-bond acceptors (Lipinski definition) is 4. The molecule has 0 rings (SSSR count). The highest BCUT2D eigenvalue weighted by molar-refractivity contribution is 5.75. The lowest BCUT2D eigenvalue weighted by Crippen LogP contribution is -2.43. The third-order valence-corrected chi connectivity index (χ3v) is 1.64. The van der Waals surface area contributed by atoms with Gasteiger partial charge < -0.3 is 21.1 Å². The van der Waals surface area contributed by atoms with Crippen molar-refractivity contribution in [3.8, 4) is 0 Å². The van der Waals surface area contributed by atoms with Crippen LogP contribution in [0, 0.1) is 0 Å². The van der Waals surface area contributed by atoms with Crippen LogP contribution in [0.2, 0.25) is 0 Å². The maximum atomic E-state index is 11.5. The normalized spacial score (nSPS) is 13.0. The van der Waals surface area contributed by atoms with Gasteiger partial charge in [0.15, 0.2) is 0 Å². The van der Waals surface area contributed by atoms with Gasteiger partial charge in [0.25, 0.3) is 0 Å². The van der Waals surface area contributed by atoms with Crippen molar-refractivity contribution < 1.29 is 14.3 Å². The third kappa shape index (κ3) is 8.05. The topological polar surface area (TPSA) is 93.5 Å². The van der Waals surface area contributed by atoms with Crippen molar-refractivity contribution in [3.05, 3.63) is 0 Å². The van der Waals surface area contributed by atoms with Gasteiger partial charge in [-0.1, -0.05) is 0 Å². The summed E-state index contributed by atoms with van der Waals surface area (Å²) < 4.78 is 5.16. The molecule has 16 heavy (non-hydrogen) atoms. The van der Waals surface area contributed by atoms with E-state index in [0.29, 0.717) is 13.1 Å². The molecule has 0 aliphatic rings. The standard InChI is InChI=1S/C10H21N3O3/c1-7(8(14)16-10(2,3)4)12-5-6-13-9(11)15/h7,12H,5-6H2,1-4H3,(H3,11,13,15). The van der Waals surface area contributed by atoms with E-state index in [-0.39, 0.29) is 5.97 Å². The van der Waals surface area contributed by atoms with Crippen molar-refractivity contribution in [1.29, 1.82) is 0 Å². The van der Waals surface area contributed by atoms with E-state index in [0.717, 1.165) is 0 Å². The number of nitrogens with one attached hydrogen (secondary N) is 2. The first-order valence-corrected chi connectivity index (χ1v) is 5.22. The first kappa shape index (κ1) is 14.7. The van der Waals surface area contributed by atoms with Crippen LogP contribution < -0.4 is 16.4 Å². The monoisotopic (exact) mass is 231 g/mol. The highest BCUT2D eigenvalue weighted by Crippen LogP contribution is 2.07. The van der Waals surface area contributed by atoms with Crippen LogP contribution in [0.4, 0.5) is 4.79 Å². The van der Waals surface area contributed by atoms with Crippen molar-refractivity contribution in [2.75, 3.05) is 13.1 Å². The fourth-order valence-electron chi connectivity index (χ4n) is 0.948. The van der Waals surface area contributed by atoms with Gasteiger partial charge in [-0.15, -0.1) is 0 Å². The van der Waals surface area contributed by atoms with Crippen LogP contribution in [0.5, 0.6) is 0 Å². The number of hydrogen-bond donors (Lipinski definition) is 3. The van der Waals surface area contributed by atoms with E-state index < -0.39 is 17.7 Å². The van der Waals surface area contributed by atoms with E-state index in [4.69, 9.17) is 10.5 Å². The number of amides is 2. The molecular formula is C10H21N3O3. The first-order chi connectivity index (χ1) is 7.22. The van der Waals surface area contributed by atoms with Crippen molar-refractivity contribution in [1.82, 2.24) is 10.6 Å². The Balaban J connectivity index is 3.76. The molecule has 94 valence electrons. The number of ether oxygens (including phenoxy) is 1. The summed E-state index contributed by atoms with van der Waals surface area (Å²) in [6, 6.07) is -0.986. The Morgan fingerprint density at radius 1 is 1.31 bits per heavy atom. The summed E-state index contributed by atoms with van der Waals surface area (Å²) in [4.78, 5) is 21.8. The SMILES string of the molecule is CC(NCCNC(N)=O)C(=O)OC(C)(C)C. The molecule has 0 aliphatic heterocycles. The Bertz CT molecular complexity index is 248. The molecule has 0 fully saturated rings. The first-order valence-electron chi connectivity index (χ1n) is 5.22. The summed E-state index contributed by atoms with van der Waals surface area (Å²) >= 11 is 0. The van der Waals surface area contributed by atoms with E-state index in [1.807, 2.05) is 20.8 Å². The lowest BCUT2D eigenvalue weighted by atomic mass is 10.2. The Kier molecular flexibility index (Phi) is 5.81. The number of rotatable bonds is 5. The molecule has 0 radical (unpaired) electrons. The van der Waals surface area contributed by atoms with Gasteiger partial charge in [-0.2, -0.15) is 0 Å². The number of nitrogens with two attached hydrogens (primary N) is 1. The van der Waals surface area contributed by atoms with Gasteiger partial charge in [-0.05, 0) is 27.7 Å². The molecule has 0 aromatic heterocycles. The lowest BCUT2D eigenvalue weighted by molar-refractivity contribution is -0.156. The summed E-state index contributed by atoms with van der Waals surface area (Å²) in [6.07, 6.45) is 0. The van der Waals surface area contributed by atoms with Crippen molar-refractivity contribution in [2.45, 2.75) is 39.3 Å². The average molecular weight is 231 g/mol. The van der Waals surface area contributed by atoms with Gasteiger partial charge in [0.2, 0.25) is 0 Å². The zero-order valence-corrected chi connectivity index (χ0v) is 10.3. The van der Waals surface area contributed by atoms with Crippen LogP contribution in [0.15, 0.2) is 0 Å². The summed E-state index contributed by atoms with van der Waals surface area (Å²) in [5, 5.41) is 5.33. The van der Waals surface area contributed by atoms with E-state index in [9.17, 15) is 9.59 Å². The van der Waals surface area contributed by atoms with Crippen LogP contribution in [0.1, 0.15) is 27.7 Å². The van der Waals surface area contributed by atoms with E-state index in [2.05, 4.69) is 10.6 Å². The third-order valence-electron chi connectivity index (χ3n) is 1.64. The van der Waals surface area contributed by atoms with Gasteiger partial charge in [-0.3, -0.25) is 4.79 Å².